The number of urea groups is 1. The van der Waals surface area contributed by atoms with Gasteiger partial charge in [-0.15, -0.1) is 0 Å². The monoisotopic (exact) mass is 617 g/mol. The summed E-state index contributed by atoms with van der Waals surface area (Å²) in [6.07, 6.45) is 3.24. The van der Waals surface area contributed by atoms with Crippen molar-refractivity contribution in [2.75, 3.05) is 80.9 Å². The Kier molecular flexibility index (Phi) is 11.3. The van der Waals surface area contributed by atoms with Crippen LogP contribution >= 0.6 is 0 Å². The van der Waals surface area contributed by atoms with Crippen LogP contribution in [0.5, 0.6) is 17.2 Å². The molecule has 0 radical (unpaired) electrons. The number of carboxylic acids is 1. The molecule has 0 saturated carbocycles. The van der Waals surface area contributed by atoms with Crippen molar-refractivity contribution in [2.45, 2.75) is 51.0 Å². The van der Waals surface area contributed by atoms with Gasteiger partial charge in [-0.05, 0) is 57.6 Å². The van der Waals surface area contributed by atoms with Crippen LogP contribution in [0.2, 0.25) is 0 Å². The fourth-order valence-corrected chi connectivity index (χ4v) is 6.42. The lowest BCUT2D eigenvalue weighted by molar-refractivity contribution is -0.144. The van der Waals surface area contributed by atoms with E-state index >= 15 is 0 Å². The number of likely N-dealkylation sites (tertiary alicyclic amines) is 1. The molecule has 1 aromatic rings. The number of ether oxygens (including phenoxy) is 3. The van der Waals surface area contributed by atoms with Crippen LogP contribution in [0.3, 0.4) is 0 Å². The number of nitrogens with zero attached hydrogens (tertiary/aromatic N) is 5. The topological polar surface area (TPSA) is 132 Å². The number of hydrogen-bond donors (Lipinski definition) is 1. The van der Waals surface area contributed by atoms with Crippen LogP contribution in [0.1, 0.15) is 50.5 Å². The Bertz CT molecular complexity index is 1210. The molecule has 3 aliphatic heterocycles. The zero-order valence-electron chi connectivity index (χ0n) is 26.6. The molecule has 13 nitrogen and oxygen atoms in total. The van der Waals surface area contributed by atoms with Crippen molar-refractivity contribution in [3.8, 4) is 17.2 Å². The van der Waals surface area contributed by atoms with Crippen molar-refractivity contribution >= 4 is 23.8 Å². The van der Waals surface area contributed by atoms with Gasteiger partial charge < -0.3 is 34.0 Å². The summed E-state index contributed by atoms with van der Waals surface area (Å²) in [5.74, 6) is -1.13. The highest BCUT2D eigenvalue weighted by Gasteiger charge is 2.48. The van der Waals surface area contributed by atoms with E-state index in [1.54, 1.807) is 17.0 Å². The Morgan fingerprint density at radius 1 is 1.11 bits per heavy atom. The van der Waals surface area contributed by atoms with E-state index < -0.39 is 29.9 Å². The second kappa shape index (κ2) is 14.9. The molecule has 244 valence electrons. The van der Waals surface area contributed by atoms with E-state index in [4.69, 9.17) is 14.2 Å². The van der Waals surface area contributed by atoms with Crippen molar-refractivity contribution < 1.29 is 38.5 Å². The zero-order valence-corrected chi connectivity index (χ0v) is 26.6. The van der Waals surface area contributed by atoms with Crippen LogP contribution in [0.4, 0.5) is 4.79 Å². The van der Waals surface area contributed by atoms with Crippen LogP contribution in [0, 0.1) is 5.92 Å². The summed E-state index contributed by atoms with van der Waals surface area (Å²) in [5.41, 5.74) is 0.728. The van der Waals surface area contributed by atoms with E-state index in [0.717, 1.165) is 36.3 Å². The average Bonchev–Trinajstić information content (AvgIpc) is 3.61. The first-order valence-electron chi connectivity index (χ1n) is 15.5. The fourth-order valence-electron chi connectivity index (χ4n) is 6.42. The lowest BCUT2D eigenvalue weighted by Gasteiger charge is -2.34. The fraction of sp³-hybridized carbons (Fsp3) is 0.677. The van der Waals surface area contributed by atoms with Gasteiger partial charge in [0.2, 0.25) is 24.4 Å². The number of fused-ring (bicyclic) bond motifs is 1. The van der Waals surface area contributed by atoms with Gasteiger partial charge in [0.25, 0.3) is 0 Å². The number of amides is 4. The number of methoxy groups -OCH3 is 1. The molecule has 44 heavy (non-hydrogen) atoms. The number of carbonyl (C=O) groups excluding carboxylic acids is 3. The molecule has 1 N–H and O–H groups in total. The Morgan fingerprint density at radius 2 is 1.86 bits per heavy atom. The van der Waals surface area contributed by atoms with E-state index in [2.05, 4.69) is 11.8 Å². The molecule has 3 atom stereocenters. The highest BCUT2D eigenvalue weighted by Crippen LogP contribution is 2.47. The maximum atomic E-state index is 13.8. The molecule has 2 fully saturated rings. The number of unbranched alkanes of at least 4 members (excludes halogenated alkanes) is 1. The molecule has 2 saturated heterocycles. The third kappa shape index (κ3) is 7.55. The predicted octanol–water partition coefficient (Wildman–Crippen LogP) is 2.15. The third-order valence-electron chi connectivity index (χ3n) is 8.87. The van der Waals surface area contributed by atoms with Crippen LogP contribution in [0.15, 0.2) is 12.1 Å². The minimum Gasteiger partial charge on any atom is -0.493 e. The van der Waals surface area contributed by atoms with Gasteiger partial charge in [-0.25, -0.2) is 4.79 Å². The number of aliphatic carboxylic acids is 1. The molecule has 1 aromatic carbocycles. The smallest absolute Gasteiger partial charge is 0.326 e. The minimum absolute atomic E-state index is 0.0327. The summed E-state index contributed by atoms with van der Waals surface area (Å²) >= 11 is 0. The van der Waals surface area contributed by atoms with E-state index in [1.165, 1.54) is 14.2 Å². The summed E-state index contributed by atoms with van der Waals surface area (Å²) in [5, 5.41) is 10.6. The minimum atomic E-state index is -0.974. The van der Waals surface area contributed by atoms with Gasteiger partial charge in [0.15, 0.2) is 11.5 Å². The normalized spacial score (nSPS) is 21.8. The number of carboxylic acid groups (broad SMARTS) is 1. The zero-order chi connectivity index (χ0) is 32.0. The Morgan fingerprint density at radius 3 is 2.55 bits per heavy atom. The molecule has 0 unspecified atom stereocenters. The molecule has 13 heteroatoms. The number of benzene rings is 1. The first-order valence-corrected chi connectivity index (χ1v) is 15.5. The molecule has 4 rings (SSSR count). The van der Waals surface area contributed by atoms with Gasteiger partial charge in [-0.1, -0.05) is 13.3 Å². The molecule has 3 heterocycles. The van der Waals surface area contributed by atoms with E-state index in [1.807, 2.05) is 23.9 Å². The van der Waals surface area contributed by atoms with Gasteiger partial charge in [-0.2, -0.15) is 0 Å². The van der Waals surface area contributed by atoms with Crippen LogP contribution in [-0.4, -0.2) is 140 Å². The molecule has 3 aliphatic rings. The summed E-state index contributed by atoms with van der Waals surface area (Å²) in [6, 6.07) is 2.68. The molecular formula is C31H47N5O8. The highest BCUT2D eigenvalue weighted by atomic mass is 16.7. The number of imide groups is 1. The van der Waals surface area contributed by atoms with Crippen molar-refractivity contribution in [3.05, 3.63) is 17.7 Å². The van der Waals surface area contributed by atoms with Crippen LogP contribution in [-0.2, 0) is 14.4 Å². The van der Waals surface area contributed by atoms with E-state index in [-0.39, 0.29) is 44.7 Å². The van der Waals surface area contributed by atoms with Crippen molar-refractivity contribution in [2.24, 2.45) is 5.92 Å². The first-order chi connectivity index (χ1) is 21.0. The van der Waals surface area contributed by atoms with Crippen molar-refractivity contribution in [1.82, 2.24) is 24.5 Å². The van der Waals surface area contributed by atoms with E-state index in [9.17, 15) is 24.3 Å². The van der Waals surface area contributed by atoms with Gasteiger partial charge in [0.05, 0.1) is 19.6 Å². The average molecular weight is 618 g/mol. The number of hydrogen-bond acceptors (Lipinski definition) is 9. The summed E-state index contributed by atoms with van der Waals surface area (Å²) < 4.78 is 16.7. The Hall–Kier alpha value is -3.58. The van der Waals surface area contributed by atoms with E-state index in [0.29, 0.717) is 43.3 Å². The SMILES string of the molecule is CCCCN(CCCN(C)C)C(=O)CN1C[C@H](c2cc(OC)c3c(c2)OCO3)[C@@H](C(=O)O)[C@@H]1CCN1CCC(=O)N(C)C1=O. The van der Waals surface area contributed by atoms with Crippen LogP contribution in [0.25, 0.3) is 0 Å². The molecule has 0 aromatic heterocycles. The first kappa shape index (κ1) is 33.3. The second-order valence-electron chi connectivity index (χ2n) is 12.1. The lowest BCUT2D eigenvalue weighted by atomic mass is 9.84. The van der Waals surface area contributed by atoms with Crippen molar-refractivity contribution in [1.29, 1.82) is 0 Å². The quantitative estimate of drug-likeness (QED) is 0.312. The standard InChI is InChI=1S/C31H47N5O8/c1-6-7-12-34(13-8-11-32(2)3)27(38)19-36-18-22(21-16-24(42-5)29-25(17-21)43-20-44-29)28(30(39)40)23(36)9-14-35-15-10-26(37)33(4)31(35)41/h16-17,22-23,28H,6-15,18-20H2,1-5H3,(H,39,40)/t22-,23+,28-/m1/s1. The molecular weight excluding hydrogens is 570 g/mol. The largest absolute Gasteiger partial charge is 0.493 e. The molecule has 4 amide bonds. The van der Waals surface area contributed by atoms with Gasteiger partial charge >= 0.3 is 12.0 Å². The summed E-state index contributed by atoms with van der Waals surface area (Å²) in [6.45, 7) is 5.24. The van der Waals surface area contributed by atoms with Crippen LogP contribution < -0.4 is 14.2 Å². The summed E-state index contributed by atoms with van der Waals surface area (Å²) in [7, 11) is 6.99. The maximum absolute atomic E-state index is 13.8. The second-order valence-corrected chi connectivity index (χ2v) is 12.1. The highest BCUT2D eigenvalue weighted by molar-refractivity contribution is 5.96. The Balaban J connectivity index is 1.61. The van der Waals surface area contributed by atoms with Gasteiger partial charge in [-0.3, -0.25) is 24.2 Å². The molecule has 0 spiro atoms. The third-order valence-corrected chi connectivity index (χ3v) is 8.87. The molecule has 0 bridgehead atoms. The van der Waals surface area contributed by atoms with Gasteiger partial charge in [0.1, 0.15) is 0 Å². The Labute approximate surface area is 259 Å². The molecule has 0 aliphatic carbocycles. The van der Waals surface area contributed by atoms with Gasteiger partial charge in [0, 0.05) is 58.2 Å². The number of rotatable bonds is 15. The lowest BCUT2D eigenvalue weighted by Crippen LogP contribution is -2.52. The van der Waals surface area contributed by atoms with Crippen molar-refractivity contribution in [3.63, 3.8) is 0 Å². The maximum Gasteiger partial charge on any atom is 0.326 e. The summed E-state index contributed by atoms with van der Waals surface area (Å²) in [4.78, 5) is 60.2. The predicted molar refractivity (Wildman–Crippen MR) is 162 cm³/mol. The number of carbonyl (C=O) groups is 4.